The number of ketones is 1. The van der Waals surface area contributed by atoms with Gasteiger partial charge in [-0.15, -0.1) is 0 Å². The summed E-state index contributed by atoms with van der Waals surface area (Å²) in [6, 6.07) is 11.9. The lowest BCUT2D eigenvalue weighted by molar-refractivity contribution is -0.140. The number of aromatic nitrogens is 1. The largest absolute Gasteiger partial charge is 0.432 e. The monoisotopic (exact) mass is 323 g/mol. The molecule has 0 bridgehead atoms. The van der Waals surface area contributed by atoms with Crippen LogP contribution in [-0.4, -0.2) is 10.8 Å². The number of fused-ring (bicyclic) bond motifs is 1. The molecule has 0 saturated carbocycles. The number of alkyl halides is 3. The molecule has 2 nitrogen and oxygen atoms in total. The van der Waals surface area contributed by atoms with Gasteiger partial charge in [-0.2, -0.15) is 13.2 Å². The third-order valence-electron chi connectivity index (χ3n) is 3.32. The number of para-hydroxylation sites is 1. The number of carbonyl (C=O) groups is 1. The minimum Gasteiger partial charge on any atom is -0.350 e. The van der Waals surface area contributed by atoms with Crippen LogP contribution in [0.4, 0.5) is 13.2 Å². The number of rotatable bonds is 2. The third kappa shape index (κ3) is 2.48. The van der Waals surface area contributed by atoms with Gasteiger partial charge in [0.15, 0.2) is 5.78 Å². The molecule has 1 aromatic heterocycles. The van der Waals surface area contributed by atoms with Gasteiger partial charge in [-0.3, -0.25) is 4.79 Å². The summed E-state index contributed by atoms with van der Waals surface area (Å²) >= 11 is 5.74. The standard InChI is InChI=1S/C16H9ClF3NO/c17-10-7-5-9(6-8-10)14(22)13-11-3-1-2-4-12(11)21-15(13)16(18,19)20/h1-8,21H. The van der Waals surface area contributed by atoms with Crippen LogP contribution in [0.15, 0.2) is 48.5 Å². The van der Waals surface area contributed by atoms with Crippen LogP contribution in [0.3, 0.4) is 0 Å². The van der Waals surface area contributed by atoms with Crippen LogP contribution < -0.4 is 0 Å². The molecule has 0 fully saturated rings. The van der Waals surface area contributed by atoms with E-state index in [2.05, 4.69) is 4.98 Å². The summed E-state index contributed by atoms with van der Waals surface area (Å²) in [4.78, 5) is 14.8. The molecular formula is C16H9ClF3NO. The predicted molar refractivity (Wildman–Crippen MR) is 78.2 cm³/mol. The second-order valence-corrected chi connectivity index (χ2v) is 5.19. The highest BCUT2D eigenvalue weighted by molar-refractivity contribution is 6.30. The molecule has 0 unspecified atom stereocenters. The number of carbonyl (C=O) groups excluding carboxylic acids is 1. The molecule has 2 aromatic carbocycles. The van der Waals surface area contributed by atoms with Gasteiger partial charge in [0, 0.05) is 21.5 Å². The molecule has 0 atom stereocenters. The average molecular weight is 324 g/mol. The minimum absolute atomic E-state index is 0.152. The van der Waals surface area contributed by atoms with Gasteiger partial charge in [0.25, 0.3) is 0 Å². The smallest absolute Gasteiger partial charge is 0.350 e. The number of benzene rings is 2. The number of nitrogens with one attached hydrogen (secondary N) is 1. The maximum absolute atomic E-state index is 13.2. The van der Waals surface area contributed by atoms with Crippen molar-refractivity contribution in [2.45, 2.75) is 6.18 Å². The van der Waals surface area contributed by atoms with Gasteiger partial charge in [-0.25, -0.2) is 0 Å². The Morgan fingerprint density at radius 2 is 1.64 bits per heavy atom. The van der Waals surface area contributed by atoms with E-state index in [1.165, 1.54) is 36.4 Å². The maximum atomic E-state index is 13.2. The lowest BCUT2D eigenvalue weighted by Crippen LogP contribution is -2.13. The summed E-state index contributed by atoms with van der Waals surface area (Å²) in [6.45, 7) is 0. The Kier molecular flexibility index (Phi) is 3.45. The third-order valence-corrected chi connectivity index (χ3v) is 3.57. The summed E-state index contributed by atoms with van der Waals surface area (Å²) in [5, 5.41) is 0.654. The lowest BCUT2D eigenvalue weighted by Gasteiger charge is -2.08. The van der Waals surface area contributed by atoms with Gasteiger partial charge in [-0.1, -0.05) is 29.8 Å². The Bertz CT molecular complexity index is 850. The van der Waals surface area contributed by atoms with Gasteiger partial charge in [0.2, 0.25) is 0 Å². The first-order valence-electron chi connectivity index (χ1n) is 6.36. The lowest BCUT2D eigenvalue weighted by atomic mass is 10.00. The second-order valence-electron chi connectivity index (χ2n) is 4.75. The highest BCUT2D eigenvalue weighted by Gasteiger charge is 2.38. The van der Waals surface area contributed by atoms with E-state index in [0.717, 1.165) is 0 Å². The average Bonchev–Trinajstić information content (AvgIpc) is 2.87. The van der Waals surface area contributed by atoms with E-state index in [0.29, 0.717) is 5.02 Å². The van der Waals surface area contributed by atoms with Crippen LogP contribution >= 0.6 is 11.6 Å². The van der Waals surface area contributed by atoms with Crippen molar-refractivity contribution in [1.29, 1.82) is 0 Å². The van der Waals surface area contributed by atoms with Crippen LogP contribution in [0.5, 0.6) is 0 Å². The van der Waals surface area contributed by atoms with Crippen LogP contribution in [0.1, 0.15) is 21.6 Å². The van der Waals surface area contributed by atoms with Crippen LogP contribution in [0.2, 0.25) is 5.02 Å². The second kappa shape index (κ2) is 5.18. The molecule has 0 spiro atoms. The summed E-state index contributed by atoms with van der Waals surface area (Å²) in [7, 11) is 0. The number of halogens is 4. The first-order valence-corrected chi connectivity index (χ1v) is 6.74. The number of hydrogen-bond donors (Lipinski definition) is 1. The molecule has 1 N–H and O–H groups in total. The first kappa shape index (κ1) is 14.7. The highest BCUT2D eigenvalue weighted by atomic mass is 35.5. The maximum Gasteiger partial charge on any atom is 0.432 e. The predicted octanol–water partition coefficient (Wildman–Crippen LogP) is 5.07. The molecule has 22 heavy (non-hydrogen) atoms. The zero-order valence-corrected chi connectivity index (χ0v) is 11.8. The Morgan fingerprint density at radius 1 is 1.00 bits per heavy atom. The number of hydrogen-bond acceptors (Lipinski definition) is 1. The van der Waals surface area contributed by atoms with Crippen molar-refractivity contribution in [1.82, 2.24) is 4.98 Å². The summed E-state index contributed by atoms with van der Waals surface area (Å²) in [5.41, 5.74) is -0.981. The fourth-order valence-corrected chi connectivity index (χ4v) is 2.46. The van der Waals surface area contributed by atoms with E-state index < -0.39 is 17.7 Å². The van der Waals surface area contributed by atoms with Crippen LogP contribution in [-0.2, 0) is 6.18 Å². The van der Waals surface area contributed by atoms with Crippen molar-refractivity contribution >= 4 is 28.3 Å². The molecule has 112 valence electrons. The van der Waals surface area contributed by atoms with Gasteiger partial charge < -0.3 is 4.98 Å². The Morgan fingerprint density at radius 3 is 2.27 bits per heavy atom. The Balaban J connectivity index is 2.24. The van der Waals surface area contributed by atoms with E-state index in [4.69, 9.17) is 11.6 Å². The van der Waals surface area contributed by atoms with Gasteiger partial charge in [0.05, 0.1) is 5.56 Å². The van der Waals surface area contributed by atoms with Gasteiger partial charge >= 0.3 is 6.18 Å². The van der Waals surface area contributed by atoms with E-state index in [1.54, 1.807) is 12.1 Å². The van der Waals surface area contributed by atoms with Crippen molar-refractivity contribution in [3.05, 3.63) is 70.4 Å². The van der Waals surface area contributed by atoms with Crippen molar-refractivity contribution < 1.29 is 18.0 Å². The summed E-state index contributed by atoms with van der Waals surface area (Å²) < 4.78 is 39.7. The van der Waals surface area contributed by atoms with Crippen molar-refractivity contribution in [3.63, 3.8) is 0 Å². The van der Waals surface area contributed by atoms with E-state index in [1.807, 2.05) is 0 Å². The molecule has 3 rings (SSSR count). The van der Waals surface area contributed by atoms with Crippen molar-refractivity contribution in [2.24, 2.45) is 0 Å². The molecule has 0 saturated heterocycles. The normalized spacial score (nSPS) is 11.8. The highest BCUT2D eigenvalue weighted by Crippen LogP contribution is 2.36. The van der Waals surface area contributed by atoms with Crippen molar-refractivity contribution in [2.75, 3.05) is 0 Å². The van der Waals surface area contributed by atoms with Gasteiger partial charge in [-0.05, 0) is 30.3 Å². The molecule has 0 amide bonds. The molecule has 0 aliphatic carbocycles. The van der Waals surface area contributed by atoms with Crippen LogP contribution in [0.25, 0.3) is 10.9 Å². The quantitative estimate of drug-likeness (QED) is 0.656. The Hall–Kier alpha value is -2.27. The van der Waals surface area contributed by atoms with E-state index in [9.17, 15) is 18.0 Å². The number of H-pyrrole nitrogens is 1. The molecule has 0 aliphatic rings. The van der Waals surface area contributed by atoms with Gasteiger partial charge in [0.1, 0.15) is 5.69 Å². The zero-order chi connectivity index (χ0) is 15.9. The molecule has 1 heterocycles. The van der Waals surface area contributed by atoms with E-state index >= 15 is 0 Å². The fourth-order valence-electron chi connectivity index (χ4n) is 2.34. The fraction of sp³-hybridized carbons (Fsp3) is 0.0625. The topological polar surface area (TPSA) is 32.9 Å². The molecule has 0 aliphatic heterocycles. The summed E-state index contributed by atoms with van der Waals surface area (Å²) in [6.07, 6.45) is -4.64. The zero-order valence-electron chi connectivity index (χ0n) is 11.0. The Labute approximate surface area is 128 Å². The SMILES string of the molecule is O=C(c1ccc(Cl)cc1)c1c(C(F)(F)F)[nH]c2ccccc12. The molecule has 3 aromatic rings. The van der Waals surface area contributed by atoms with E-state index in [-0.39, 0.29) is 22.0 Å². The molecule has 0 radical (unpaired) electrons. The first-order chi connectivity index (χ1) is 10.4. The molecule has 6 heteroatoms. The van der Waals surface area contributed by atoms with Crippen LogP contribution in [0, 0.1) is 0 Å². The van der Waals surface area contributed by atoms with Crippen molar-refractivity contribution in [3.8, 4) is 0 Å². The number of aromatic amines is 1. The minimum atomic E-state index is -4.64. The molecular weight excluding hydrogens is 315 g/mol. The summed E-state index contributed by atoms with van der Waals surface area (Å²) in [5.74, 6) is -0.693.